The van der Waals surface area contributed by atoms with E-state index in [-0.39, 0.29) is 5.41 Å². The van der Waals surface area contributed by atoms with E-state index >= 15 is 0 Å². The second-order valence-corrected chi connectivity index (χ2v) is 8.67. The van der Waals surface area contributed by atoms with Gasteiger partial charge in [-0.05, 0) is 42.2 Å². The molecule has 1 aromatic carbocycles. The van der Waals surface area contributed by atoms with E-state index < -0.39 is 0 Å². The van der Waals surface area contributed by atoms with Gasteiger partial charge in [0, 0.05) is 33.6 Å². The second-order valence-electron chi connectivity index (χ2n) is 8.67. The number of hydrogen-bond donors (Lipinski definition) is 0. The van der Waals surface area contributed by atoms with E-state index in [1.165, 1.54) is 5.56 Å². The van der Waals surface area contributed by atoms with Gasteiger partial charge in [0.1, 0.15) is 5.58 Å². The van der Waals surface area contributed by atoms with Crippen LogP contribution >= 0.6 is 0 Å². The number of aromatic nitrogens is 2. The minimum absolute atomic E-state index is 0.0137. The Morgan fingerprint density at radius 1 is 0.926 bits per heavy atom. The topological polar surface area (TPSA) is 38.9 Å². The summed E-state index contributed by atoms with van der Waals surface area (Å²) in [7, 11) is 0. The Morgan fingerprint density at radius 3 is 2.30 bits per heavy atom. The van der Waals surface area contributed by atoms with Gasteiger partial charge in [0.15, 0.2) is 0 Å². The molecule has 4 aromatic rings. The average molecular weight is 358 g/mol. The summed E-state index contributed by atoms with van der Waals surface area (Å²) in [6, 6.07) is 12.8. The quantitative estimate of drug-likeness (QED) is 0.397. The Balaban J connectivity index is 1.96. The fourth-order valence-corrected chi connectivity index (χ4v) is 3.45. The number of fused-ring (bicyclic) bond motifs is 3. The third-order valence-corrected chi connectivity index (χ3v) is 5.19. The fraction of sp³-hybridized carbons (Fsp3) is 0.333. The van der Waals surface area contributed by atoms with E-state index in [0.717, 1.165) is 38.9 Å². The van der Waals surface area contributed by atoms with Crippen LogP contribution in [0.5, 0.6) is 0 Å². The van der Waals surface area contributed by atoms with Gasteiger partial charge in [-0.2, -0.15) is 0 Å². The number of aryl methyl sites for hydroxylation is 1. The summed E-state index contributed by atoms with van der Waals surface area (Å²) < 4.78 is 6.28. The third-order valence-electron chi connectivity index (χ3n) is 5.19. The van der Waals surface area contributed by atoms with Crippen molar-refractivity contribution in [1.82, 2.24) is 9.97 Å². The highest BCUT2D eigenvalue weighted by atomic mass is 16.3. The van der Waals surface area contributed by atoms with Gasteiger partial charge >= 0.3 is 0 Å². The molecule has 0 bridgehead atoms. The molecule has 0 fully saturated rings. The third kappa shape index (κ3) is 3.01. The van der Waals surface area contributed by atoms with E-state index in [0.29, 0.717) is 11.6 Å². The molecule has 0 amide bonds. The van der Waals surface area contributed by atoms with Gasteiger partial charge in [-0.3, -0.25) is 4.98 Å². The standard InChI is InChI=1S/C24H26N2O/c1-14(2)16-8-11-19(25-13-16)21-15(3)7-9-17-18-10-12-20(24(4,5)6)26-23(18)27-22(17)21/h7-14H,1-6H3. The highest BCUT2D eigenvalue weighted by Gasteiger charge is 2.20. The van der Waals surface area contributed by atoms with Crippen molar-refractivity contribution < 1.29 is 4.42 Å². The molecule has 0 aliphatic carbocycles. The van der Waals surface area contributed by atoms with Crippen molar-refractivity contribution >= 4 is 22.1 Å². The van der Waals surface area contributed by atoms with Crippen molar-refractivity contribution in [1.29, 1.82) is 0 Å². The summed E-state index contributed by atoms with van der Waals surface area (Å²) in [5, 5.41) is 2.14. The van der Waals surface area contributed by atoms with Gasteiger partial charge in [-0.1, -0.05) is 52.8 Å². The monoisotopic (exact) mass is 358 g/mol. The number of hydrogen-bond acceptors (Lipinski definition) is 3. The Kier molecular flexibility index (Phi) is 4.06. The second kappa shape index (κ2) is 6.19. The minimum Gasteiger partial charge on any atom is -0.437 e. The van der Waals surface area contributed by atoms with Crippen molar-refractivity contribution in [3.8, 4) is 11.3 Å². The maximum atomic E-state index is 6.28. The number of nitrogens with zero attached hydrogens (tertiary/aromatic N) is 2. The Hall–Kier alpha value is -2.68. The smallest absolute Gasteiger partial charge is 0.227 e. The predicted molar refractivity (Wildman–Crippen MR) is 112 cm³/mol. The van der Waals surface area contributed by atoms with E-state index in [1.807, 2.05) is 6.20 Å². The lowest BCUT2D eigenvalue weighted by Gasteiger charge is -2.16. The molecular formula is C24H26N2O. The first-order chi connectivity index (χ1) is 12.8. The molecule has 0 aliphatic rings. The van der Waals surface area contributed by atoms with Crippen LogP contribution in [-0.4, -0.2) is 9.97 Å². The van der Waals surface area contributed by atoms with Gasteiger partial charge in [-0.15, -0.1) is 0 Å². The molecule has 0 aliphatic heterocycles. The lowest BCUT2D eigenvalue weighted by Crippen LogP contribution is -2.12. The summed E-state index contributed by atoms with van der Waals surface area (Å²) in [6.45, 7) is 13.0. The Labute approximate surface area is 160 Å². The molecule has 3 nitrogen and oxygen atoms in total. The molecule has 138 valence electrons. The van der Waals surface area contributed by atoms with Crippen molar-refractivity contribution in [2.24, 2.45) is 0 Å². The Bertz CT molecular complexity index is 1130. The maximum Gasteiger partial charge on any atom is 0.227 e. The molecule has 0 saturated heterocycles. The zero-order valence-corrected chi connectivity index (χ0v) is 16.9. The SMILES string of the molecule is Cc1ccc2c(oc3nc(C(C)(C)C)ccc32)c1-c1ccc(C(C)C)cn1. The molecule has 3 heteroatoms. The lowest BCUT2D eigenvalue weighted by molar-refractivity contribution is 0.562. The van der Waals surface area contributed by atoms with Crippen molar-refractivity contribution in [3.05, 3.63) is 59.4 Å². The van der Waals surface area contributed by atoms with Crippen molar-refractivity contribution in [2.45, 2.75) is 52.9 Å². The van der Waals surface area contributed by atoms with Crippen LogP contribution in [0.25, 0.3) is 33.3 Å². The average Bonchev–Trinajstić information content (AvgIpc) is 2.98. The molecule has 0 radical (unpaired) electrons. The van der Waals surface area contributed by atoms with Crippen molar-refractivity contribution in [3.63, 3.8) is 0 Å². The zero-order chi connectivity index (χ0) is 19.3. The highest BCUT2D eigenvalue weighted by Crippen LogP contribution is 2.37. The van der Waals surface area contributed by atoms with Crippen molar-refractivity contribution in [2.75, 3.05) is 0 Å². The summed E-state index contributed by atoms with van der Waals surface area (Å²) in [5.41, 5.74) is 6.98. The first-order valence-corrected chi connectivity index (χ1v) is 9.55. The van der Waals surface area contributed by atoms with Crippen LogP contribution in [0, 0.1) is 6.92 Å². The summed E-state index contributed by atoms with van der Waals surface area (Å²) in [6.07, 6.45) is 1.97. The minimum atomic E-state index is -0.0137. The van der Waals surface area contributed by atoms with E-state index in [4.69, 9.17) is 14.4 Å². The molecule has 3 aromatic heterocycles. The number of pyridine rings is 2. The highest BCUT2D eigenvalue weighted by molar-refractivity contribution is 6.09. The van der Waals surface area contributed by atoms with E-state index in [9.17, 15) is 0 Å². The normalized spacial score (nSPS) is 12.4. The number of furan rings is 1. The molecule has 27 heavy (non-hydrogen) atoms. The van der Waals surface area contributed by atoms with Crippen LogP contribution in [0.2, 0.25) is 0 Å². The van der Waals surface area contributed by atoms with Crippen LogP contribution in [0.3, 0.4) is 0 Å². The summed E-state index contributed by atoms with van der Waals surface area (Å²) in [5.74, 6) is 0.467. The molecule has 0 N–H and O–H groups in total. The first-order valence-electron chi connectivity index (χ1n) is 9.55. The van der Waals surface area contributed by atoms with Gasteiger partial charge in [0.05, 0.1) is 5.69 Å². The molecule has 0 atom stereocenters. The molecule has 0 saturated carbocycles. The molecular weight excluding hydrogens is 332 g/mol. The number of rotatable bonds is 2. The molecule has 3 heterocycles. The van der Waals surface area contributed by atoms with Crippen LogP contribution in [0.1, 0.15) is 57.4 Å². The fourth-order valence-electron chi connectivity index (χ4n) is 3.45. The zero-order valence-electron chi connectivity index (χ0n) is 16.9. The van der Waals surface area contributed by atoms with Gasteiger partial charge in [0.25, 0.3) is 0 Å². The summed E-state index contributed by atoms with van der Waals surface area (Å²) >= 11 is 0. The predicted octanol–water partition coefficient (Wildman–Crippen LogP) is 6.77. The maximum absolute atomic E-state index is 6.28. The van der Waals surface area contributed by atoms with Crippen LogP contribution in [0.4, 0.5) is 0 Å². The largest absolute Gasteiger partial charge is 0.437 e. The van der Waals surface area contributed by atoms with Gasteiger partial charge < -0.3 is 4.42 Å². The summed E-state index contributed by atoms with van der Waals surface area (Å²) in [4.78, 5) is 9.53. The van der Waals surface area contributed by atoms with Gasteiger partial charge in [-0.25, -0.2) is 4.98 Å². The Morgan fingerprint density at radius 2 is 1.67 bits per heavy atom. The van der Waals surface area contributed by atoms with E-state index in [1.54, 1.807) is 0 Å². The van der Waals surface area contributed by atoms with Gasteiger partial charge in [0.2, 0.25) is 5.71 Å². The first kappa shape index (κ1) is 17.7. The molecule has 0 spiro atoms. The van der Waals surface area contributed by atoms with Crippen LogP contribution < -0.4 is 0 Å². The lowest BCUT2D eigenvalue weighted by atomic mass is 9.91. The van der Waals surface area contributed by atoms with Crippen LogP contribution in [-0.2, 0) is 5.41 Å². The van der Waals surface area contributed by atoms with Crippen LogP contribution in [0.15, 0.2) is 47.0 Å². The molecule has 0 unspecified atom stereocenters. The number of benzene rings is 1. The van der Waals surface area contributed by atoms with E-state index in [2.05, 4.69) is 77.9 Å². The molecule has 4 rings (SSSR count).